The van der Waals surface area contributed by atoms with Crippen molar-refractivity contribution in [1.29, 1.82) is 0 Å². The SMILES string of the molecule is CC(C)OCCOC(=O)COc1ccccc1N. The molecular formula is C13H19NO4. The summed E-state index contributed by atoms with van der Waals surface area (Å²) in [4.78, 5) is 11.3. The highest BCUT2D eigenvalue weighted by molar-refractivity contribution is 5.71. The van der Waals surface area contributed by atoms with Gasteiger partial charge in [-0.15, -0.1) is 0 Å². The van der Waals surface area contributed by atoms with Crippen LogP contribution in [0.3, 0.4) is 0 Å². The average molecular weight is 253 g/mol. The van der Waals surface area contributed by atoms with Crippen molar-refractivity contribution in [2.75, 3.05) is 25.6 Å². The number of para-hydroxylation sites is 2. The minimum absolute atomic E-state index is 0.129. The van der Waals surface area contributed by atoms with Crippen LogP contribution in [0, 0.1) is 0 Å². The Labute approximate surface area is 107 Å². The van der Waals surface area contributed by atoms with Crippen LogP contribution in [0.25, 0.3) is 0 Å². The van der Waals surface area contributed by atoms with Gasteiger partial charge in [0.05, 0.1) is 18.4 Å². The molecule has 0 bridgehead atoms. The van der Waals surface area contributed by atoms with Crippen LogP contribution in [0.15, 0.2) is 24.3 Å². The Morgan fingerprint density at radius 2 is 2.00 bits per heavy atom. The zero-order valence-electron chi connectivity index (χ0n) is 10.7. The first kappa shape index (κ1) is 14.3. The Morgan fingerprint density at radius 1 is 1.28 bits per heavy atom. The number of rotatable bonds is 7. The molecule has 1 aromatic carbocycles. The number of carbonyl (C=O) groups excluding carboxylic acids is 1. The predicted molar refractivity (Wildman–Crippen MR) is 68.4 cm³/mol. The van der Waals surface area contributed by atoms with Crippen molar-refractivity contribution in [2.24, 2.45) is 0 Å². The van der Waals surface area contributed by atoms with Crippen molar-refractivity contribution in [3.8, 4) is 5.75 Å². The summed E-state index contributed by atoms with van der Waals surface area (Å²) in [6.45, 7) is 4.30. The van der Waals surface area contributed by atoms with Gasteiger partial charge < -0.3 is 19.9 Å². The van der Waals surface area contributed by atoms with E-state index in [2.05, 4.69) is 0 Å². The van der Waals surface area contributed by atoms with Crippen molar-refractivity contribution < 1.29 is 19.0 Å². The predicted octanol–water partition coefficient (Wildman–Crippen LogP) is 1.62. The highest BCUT2D eigenvalue weighted by Gasteiger charge is 2.06. The Balaban J connectivity index is 2.19. The van der Waals surface area contributed by atoms with Crippen molar-refractivity contribution in [3.05, 3.63) is 24.3 Å². The fourth-order valence-electron chi connectivity index (χ4n) is 1.23. The highest BCUT2D eigenvalue weighted by atomic mass is 16.6. The maximum Gasteiger partial charge on any atom is 0.344 e. The monoisotopic (exact) mass is 253 g/mol. The number of benzene rings is 1. The maximum atomic E-state index is 11.3. The van der Waals surface area contributed by atoms with E-state index in [0.29, 0.717) is 18.0 Å². The largest absolute Gasteiger partial charge is 0.480 e. The normalized spacial score (nSPS) is 10.4. The van der Waals surface area contributed by atoms with Gasteiger partial charge >= 0.3 is 5.97 Å². The number of ether oxygens (including phenoxy) is 3. The smallest absolute Gasteiger partial charge is 0.344 e. The molecule has 0 aromatic heterocycles. The molecule has 1 aromatic rings. The maximum absolute atomic E-state index is 11.3. The number of nitrogens with two attached hydrogens (primary N) is 1. The van der Waals surface area contributed by atoms with Gasteiger partial charge in [0.25, 0.3) is 0 Å². The first-order valence-corrected chi connectivity index (χ1v) is 5.84. The van der Waals surface area contributed by atoms with E-state index in [-0.39, 0.29) is 19.3 Å². The Kier molecular flexibility index (Phi) is 6.00. The van der Waals surface area contributed by atoms with Gasteiger partial charge in [-0.1, -0.05) is 12.1 Å². The van der Waals surface area contributed by atoms with E-state index < -0.39 is 5.97 Å². The van der Waals surface area contributed by atoms with Gasteiger partial charge in [-0.3, -0.25) is 0 Å². The molecule has 0 saturated carbocycles. The van der Waals surface area contributed by atoms with Crippen LogP contribution in [-0.4, -0.2) is 31.9 Å². The van der Waals surface area contributed by atoms with Crippen LogP contribution in [0.1, 0.15) is 13.8 Å². The molecule has 0 saturated heterocycles. The summed E-state index contributed by atoms with van der Waals surface area (Å²) in [6.07, 6.45) is 0.129. The number of anilines is 1. The quantitative estimate of drug-likeness (QED) is 0.454. The molecule has 0 aliphatic carbocycles. The van der Waals surface area contributed by atoms with E-state index in [1.807, 2.05) is 13.8 Å². The lowest BCUT2D eigenvalue weighted by atomic mass is 10.3. The topological polar surface area (TPSA) is 70.8 Å². The van der Waals surface area contributed by atoms with Crippen molar-refractivity contribution in [1.82, 2.24) is 0 Å². The number of carbonyl (C=O) groups is 1. The highest BCUT2D eigenvalue weighted by Crippen LogP contribution is 2.19. The zero-order valence-corrected chi connectivity index (χ0v) is 10.7. The van der Waals surface area contributed by atoms with E-state index in [0.717, 1.165) is 0 Å². The first-order chi connectivity index (χ1) is 8.59. The van der Waals surface area contributed by atoms with E-state index in [1.165, 1.54) is 0 Å². The molecule has 0 heterocycles. The second-order valence-electron chi connectivity index (χ2n) is 3.97. The number of hydrogen-bond acceptors (Lipinski definition) is 5. The third kappa shape index (κ3) is 5.54. The number of hydrogen-bond donors (Lipinski definition) is 1. The third-order valence-corrected chi connectivity index (χ3v) is 2.06. The van der Waals surface area contributed by atoms with Gasteiger partial charge in [0.1, 0.15) is 12.4 Å². The summed E-state index contributed by atoms with van der Waals surface area (Å²) in [7, 11) is 0. The summed E-state index contributed by atoms with van der Waals surface area (Å²) in [6, 6.07) is 6.99. The molecule has 5 heteroatoms. The lowest BCUT2D eigenvalue weighted by molar-refractivity contribution is -0.148. The standard InChI is InChI=1S/C13H19NO4/c1-10(2)16-7-8-17-13(15)9-18-12-6-4-3-5-11(12)14/h3-6,10H,7-9,14H2,1-2H3. The zero-order chi connectivity index (χ0) is 13.4. The number of esters is 1. The average Bonchev–Trinajstić information content (AvgIpc) is 2.33. The van der Waals surface area contributed by atoms with E-state index >= 15 is 0 Å². The summed E-state index contributed by atoms with van der Waals surface area (Å²) < 4.78 is 15.4. The van der Waals surface area contributed by atoms with Crippen molar-refractivity contribution in [2.45, 2.75) is 20.0 Å². The lowest BCUT2D eigenvalue weighted by Gasteiger charge is -2.10. The van der Waals surface area contributed by atoms with Gasteiger partial charge in [0, 0.05) is 0 Å². The molecule has 0 aliphatic heterocycles. The third-order valence-electron chi connectivity index (χ3n) is 2.06. The molecular weight excluding hydrogens is 234 g/mol. The van der Waals surface area contributed by atoms with Gasteiger partial charge in [0.15, 0.2) is 6.61 Å². The van der Waals surface area contributed by atoms with Crippen LogP contribution in [0.2, 0.25) is 0 Å². The molecule has 18 heavy (non-hydrogen) atoms. The summed E-state index contributed by atoms with van der Waals surface area (Å²) in [5.41, 5.74) is 6.16. The molecule has 2 N–H and O–H groups in total. The van der Waals surface area contributed by atoms with Crippen molar-refractivity contribution >= 4 is 11.7 Å². The van der Waals surface area contributed by atoms with Gasteiger partial charge in [-0.25, -0.2) is 4.79 Å². The molecule has 0 aliphatic rings. The summed E-state index contributed by atoms with van der Waals surface area (Å²) in [5.74, 6) is 0.0403. The fraction of sp³-hybridized carbons (Fsp3) is 0.462. The minimum atomic E-state index is -0.439. The van der Waals surface area contributed by atoms with Crippen LogP contribution in [0.4, 0.5) is 5.69 Å². The van der Waals surface area contributed by atoms with Crippen LogP contribution in [0.5, 0.6) is 5.75 Å². The molecule has 0 spiro atoms. The van der Waals surface area contributed by atoms with Gasteiger partial charge in [-0.2, -0.15) is 0 Å². The molecule has 0 radical (unpaired) electrons. The molecule has 100 valence electrons. The van der Waals surface area contributed by atoms with Crippen LogP contribution >= 0.6 is 0 Å². The fourth-order valence-corrected chi connectivity index (χ4v) is 1.23. The second-order valence-corrected chi connectivity index (χ2v) is 3.97. The number of nitrogen functional groups attached to an aromatic ring is 1. The van der Waals surface area contributed by atoms with E-state index in [1.54, 1.807) is 24.3 Å². The van der Waals surface area contributed by atoms with E-state index in [9.17, 15) is 4.79 Å². The minimum Gasteiger partial charge on any atom is -0.480 e. The molecule has 0 atom stereocenters. The second kappa shape index (κ2) is 7.55. The van der Waals surface area contributed by atoms with Crippen LogP contribution < -0.4 is 10.5 Å². The molecule has 1 rings (SSSR count). The Morgan fingerprint density at radius 3 is 2.67 bits per heavy atom. The van der Waals surface area contributed by atoms with Crippen LogP contribution in [-0.2, 0) is 14.3 Å². The van der Waals surface area contributed by atoms with Gasteiger partial charge in [0.2, 0.25) is 0 Å². The Hall–Kier alpha value is -1.75. The molecule has 5 nitrogen and oxygen atoms in total. The molecule has 0 unspecified atom stereocenters. The summed E-state index contributed by atoms with van der Waals surface area (Å²) in [5, 5.41) is 0. The lowest BCUT2D eigenvalue weighted by Crippen LogP contribution is -2.18. The Bertz CT molecular complexity index is 379. The molecule has 0 fully saturated rings. The first-order valence-electron chi connectivity index (χ1n) is 5.84. The van der Waals surface area contributed by atoms with E-state index in [4.69, 9.17) is 19.9 Å². The van der Waals surface area contributed by atoms with Crippen molar-refractivity contribution in [3.63, 3.8) is 0 Å². The molecule has 0 amide bonds. The van der Waals surface area contributed by atoms with Gasteiger partial charge in [-0.05, 0) is 26.0 Å². The summed E-state index contributed by atoms with van der Waals surface area (Å²) >= 11 is 0.